The van der Waals surface area contributed by atoms with Crippen LogP contribution >= 0.6 is 11.3 Å². The van der Waals surface area contributed by atoms with Crippen molar-refractivity contribution >= 4 is 17.3 Å². The fraction of sp³-hybridized carbons (Fsp3) is 0.688. The highest BCUT2D eigenvalue weighted by atomic mass is 32.1. The van der Waals surface area contributed by atoms with Gasteiger partial charge in [-0.3, -0.25) is 4.99 Å². The van der Waals surface area contributed by atoms with Crippen LogP contribution in [-0.4, -0.2) is 50.6 Å². The first-order chi connectivity index (χ1) is 10.2. The number of likely N-dealkylation sites (tertiary alicyclic amines) is 1. The summed E-state index contributed by atoms with van der Waals surface area (Å²) in [6, 6.07) is 4.31. The van der Waals surface area contributed by atoms with Crippen LogP contribution in [0.25, 0.3) is 0 Å². The molecule has 1 aliphatic heterocycles. The number of hydrogen-bond donors (Lipinski definition) is 2. The Bertz CT molecular complexity index is 429. The first-order valence-corrected chi connectivity index (χ1v) is 8.81. The van der Waals surface area contributed by atoms with E-state index < -0.39 is 0 Å². The van der Waals surface area contributed by atoms with Gasteiger partial charge in [0.15, 0.2) is 5.96 Å². The van der Waals surface area contributed by atoms with E-state index in [9.17, 15) is 0 Å². The van der Waals surface area contributed by atoms with Crippen molar-refractivity contribution in [2.24, 2.45) is 10.9 Å². The van der Waals surface area contributed by atoms with Crippen LogP contribution in [0.1, 0.15) is 31.1 Å². The fourth-order valence-corrected chi connectivity index (χ4v) is 3.54. The summed E-state index contributed by atoms with van der Waals surface area (Å²) in [7, 11) is 1.85. The molecule has 0 bridgehead atoms. The van der Waals surface area contributed by atoms with Crippen LogP contribution in [0.2, 0.25) is 0 Å². The van der Waals surface area contributed by atoms with Crippen LogP contribution in [0.15, 0.2) is 22.5 Å². The third kappa shape index (κ3) is 5.00. The molecule has 1 saturated heterocycles. The average molecular weight is 308 g/mol. The molecule has 0 aliphatic carbocycles. The first kappa shape index (κ1) is 16.3. The van der Waals surface area contributed by atoms with E-state index in [2.05, 4.69) is 51.9 Å². The van der Waals surface area contributed by atoms with E-state index in [-0.39, 0.29) is 0 Å². The lowest BCUT2D eigenvalue weighted by atomic mass is 10.1. The molecule has 0 amide bonds. The van der Waals surface area contributed by atoms with Gasteiger partial charge in [-0.15, -0.1) is 11.3 Å². The summed E-state index contributed by atoms with van der Waals surface area (Å²) >= 11 is 1.82. The number of hydrogen-bond acceptors (Lipinski definition) is 3. The zero-order valence-corrected chi connectivity index (χ0v) is 14.2. The number of aliphatic imine (C=N–C) groups is 1. The summed E-state index contributed by atoms with van der Waals surface area (Å²) in [6.45, 7) is 10.1. The summed E-state index contributed by atoms with van der Waals surface area (Å²) in [6.07, 6.45) is 1.30. The van der Waals surface area contributed by atoms with Crippen LogP contribution in [0.3, 0.4) is 0 Å². The Labute approximate surface area is 132 Å². The van der Waals surface area contributed by atoms with Crippen LogP contribution in [-0.2, 0) is 0 Å². The van der Waals surface area contributed by atoms with E-state index in [1.807, 2.05) is 18.4 Å². The molecule has 2 heterocycles. The minimum atomic E-state index is 0.519. The largest absolute Gasteiger partial charge is 0.356 e. The van der Waals surface area contributed by atoms with Gasteiger partial charge in [-0.25, -0.2) is 0 Å². The maximum absolute atomic E-state index is 4.33. The molecule has 2 rings (SSSR count). The molecular weight excluding hydrogens is 280 g/mol. The molecule has 0 aromatic carbocycles. The Morgan fingerprint density at radius 2 is 2.38 bits per heavy atom. The van der Waals surface area contributed by atoms with E-state index in [4.69, 9.17) is 0 Å². The van der Waals surface area contributed by atoms with E-state index in [0.29, 0.717) is 5.92 Å². The monoisotopic (exact) mass is 308 g/mol. The number of thiophene rings is 1. The van der Waals surface area contributed by atoms with Gasteiger partial charge in [0.25, 0.3) is 0 Å². The second-order valence-corrected chi connectivity index (χ2v) is 6.78. The molecule has 0 radical (unpaired) electrons. The molecule has 21 heavy (non-hydrogen) atoms. The predicted molar refractivity (Wildman–Crippen MR) is 92.3 cm³/mol. The SMILES string of the molecule is CCN1CCC(CNC(=NC)NCC(C)c2cccs2)C1. The van der Waals surface area contributed by atoms with Crippen molar-refractivity contribution < 1.29 is 0 Å². The third-order valence-corrected chi connectivity index (χ3v) is 5.31. The molecule has 0 saturated carbocycles. The van der Waals surface area contributed by atoms with Gasteiger partial charge in [0.2, 0.25) is 0 Å². The van der Waals surface area contributed by atoms with E-state index in [1.165, 1.54) is 30.9 Å². The quantitative estimate of drug-likeness (QED) is 0.626. The van der Waals surface area contributed by atoms with Crippen molar-refractivity contribution in [1.82, 2.24) is 15.5 Å². The Hall–Kier alpha value is -1.07. The molecule has 2 N–H and O–H groups in total. The summed E-state index contributed by atoms with van der Waals surface area (Å²) in [5.74, 6) is 2.19. The normalized spacial score (nSPS) is 21.5. The van der Waals surface area contributed by atoms with Crippen molar-refractivity contribution in [3.05, 3.63) is 22.4 Å². The summed E-state index contributed by atoms with van der Waals surface area (Å²) in [5, 5.41) is 9.05. The number of nitrogens with one attached hydrogen (secondary N) is 2. The molecule has 0 spiro atoms. The lowest BCUT2D eigenvalue weighted by Gasteiger charge is -2.18. The zero-order chi connectivity index (χ0) is 15.1. The Balaban J connectivity index is 1.69. The molecule has 1 aromatic heterocycles. The Morgan fingerprint density at radius 1 is 1.52 bits per heavy atom. The topological polar surface area (TPSA) is 39.7 Å². The average Bonchev–Trinajstić information content (AvgIpc) is 3.18. The van der Waals surface area contributed by atoms with Crippen molar-refractivity contribution in [3.8, 4) is 0 Å². The van der Waals surface area contributed by atoms with Crippen molar-refractivity contribution in [2.45, 2.75) is 26.2 Å². The van der Waals surface area contributed by atoms with Gasteiger partial charge in [-0.05, 0) is 36.9 Å². The highest BCUT2D eigenvalue weighted by molar-refractivity contribution is 7.10. The molecule has 2 atom stereocenters. The zero-order valence-electron chi connectivity index (χ0n) is 13.4. The van der Waals surface area contributed by atoms with Crippen LogP contribution in [0.4, 0.5) is 0 Å². The number of rotatable bonds is 6. The highest BCUT2D eigenvalue weighted by Crippen LogP contribution is 2.19. The first-order valence-electron chi connectivity index (χ1n) is 7.93. The molecule has 1 fully saturated rings. The smallest absolute Gasteiger partial charge is 0.191 e. The second kappa shape index (κ2) is 8.39. The minimum Gasteiger partial charge on any atom is -0.356 e. The van der Waals surface area contributed by atoms with Crippen molar-refractivity contribution in [1.29, 1.82) is 0 Å². The van der Waals surface area contributed by atoms with Gasteiger partial charge < -0.3 is 15.5 Å². The molecular formula is C16H28N4S. The third-order valence-electron chi connectivity index (χ3n) is 4.20. The summed E-state index contributed by atoms with van der Waals surface area (Å²) in [4.78, 5) is 8.26. The second-order valence-electron chi connectivity index (χ2n) is 5.80. The lowest BCUT2D eigenvalue weighted by molar-refractivity contribution is 0.342. The maximum atomic E-state index is 4.33. The van der Waals surface area contributed by atoms with Gasteiger partial charge in [0.05, 0.1) is 0 Å². The summed E-state index contributed by atoms with van der Waals surface area (Å²) in [5.41, 5.74) is 0. The predicted octanol–water partition coefficient (Wildman–Crippen LogP) is 2.36. The van der Waals surface area contributed by atoms with Gasteiger partial charge in [0.1, 0.15) is 0 Å². The van der Waals surface area contributed by atoms with Crippen molar-refractivity contribution in [3.63, 3.8) is 0 Å². The van der Waals surface area contributed by atoms with Crippen molar-refractivity contribution in [2.75, 3.05) is 39.8 Å². The molecule has 5 heteroatoms. The molecule has 4 nitrogen and oxygen atoms in total. The summed E-state index contributed by atoms with van der Waals surface area (Å²) < 4.78 is 0. The molecule has 1 aliphatic rings. The highest BCUT2D eigenvalue weighted by Gasteiger charge is 2.21. The molecule has 1 aromatic rings. The standard InChI is InChI=1S/C16H28N4S/c1-4-20-8-7-14(12-20)11-19-16(17-3)18-10-13(2)15-6-5-9-21-15/h5-6,9,13-14H,4,7-8,10-12H2,1-3H3,(H2,17,18,19). The fourth-order valence-electron chi connectivity index (χ4n) is 2.75. The van der Waals surface area contributed by atoms with E-state index >= 15 is 0 Å². The maximum Gasteiger partial charge on any atom is 0.191 e. The van der Waals surface area contributed by atoms with Crippen LogP contribution in [0, 0.1) is 5.92 Å². The van der Waals surface area contributed by atoms with Gasteiger partial charge in [0, 0.05) is 37.5 Å². The van der Waals surface area contributed by atoms with E-state index in [1.54, 1.807) is 0 Å². The Kier molecular flexibility index (Phi) is 6.51. The lowest BCUT2D eigenvalue weighted by Crippen LogP contribution is -2.41. The van der Waals surface area contributed by atoms with Gasteiger partial charge in [-0.1, -0.05) is 19.9 Å². The Morgan fingerprint density at radius 3 is 3.00 bits per heavy atom. The van der Waals surface area contributed by atoms with Crippen LogP contribution < -0.4 is 10.6 Å². The molecule has 118 valence electrons. The number of nitrogens with zero attached hydrogens (tertiary/aromatic N) is 2. The van der Waals surface area contributed by atoms with Gasteiger partial charge in [-0.2, -0.15) is 0 Å². The van der Waals surface area contributed by atoms with Crippen LogP contribution in [0.5, 0.6) is 0 Å². The molecule has 2 unspecified atom stereocenters. The van der Waals surface area contributed by atoms with E-state index in [0.717, 1.165) is 25.0 Å². The van der Waals surface area contributed by atoms with Gasteiger partial charge >= 0.3 is 0 Å². The number of guanidine groups is 1. The minimum absolute atomic E-state index is 0.519.